The van der Waals surface area contributed by atoms with E-state index in [0.29, 0.717) is 12.8 Å². The second kappa shape index (κ2) is 5.23. The van der Waals surface area contributed by atoms with Crippen LogP contribution < -0.4 is 0 Å². The summed E-state index contributed by atoms with van der Waals surface area (Å²) in [5, 5.41) is 8.70. The van der Waals surface area contributed by atoms with Crippen molar-refractivity contribution in [2.75, 3.05) is 0 Å². The monoisotopic (exact) mass is 271 g/mol. The summed E-state index contributed by atoms with van der Waals surface area (Å²) in [6.45, 7) is 0. The largest absolute Gasteiger partial charge is 0.523 e. The lowest BCUT2D eigenvalue weighted by Gasteiger charge is -2.25. The highest BCUT2D eigenvalue weighted by Crippen LogP contribution is 2.32. The van der Waals surface area contributed by atoms with Gasteiger partial charge in [0, 0.05) is 5.92 Å². The van der Waals surface area contributed by atoms with E-state index >= 15 is 0 Å². The third-order valence-electron chi connectivity index (χ3n) is 2.72. The van der Waals surface area contributed by atoms with Gasteiger partial charge in [-0.25, -0.2) is 4.18 Å². The van der Waals surface area contributed by atoms with Crippen molar-refractivity contribution in [3.8, 4) is 6.07 Å². The summed E-state index contributed by atoms with van der Waals surface area (Å²) in [5.41, 5.74) is -5.48. The molecule has 0 aromatic rings. The quantitative estimate of drug-likeness (QED) is 0.583. The molecule has 1 atom stereocenters. The van der Waals surface area contributed by atoms with E-state index in [1.54, 1.807) is 0 Å². The third-order valence-corrected chi connectivity index (χ3v) is 3.75. The molecule has 4 nitrogen and oxygen atoms in total. The number of hydrogen-bond donors (Lipinski definition) is 0. The van der Waals surface area contributed by atoms with Gasteiger partial charge in [-0.05, 0) is 12.8 Å². The molecule has 0 unspecified atom stereocenters. The van der Waals surface area contributed by atoms with Crippen LogP contribution in [0.25, 0.3) is 0 Å². The van der Waals surface area contributed by atoms with Gasteiger partial charge < -0.3 is 0 Å². The van der Waals surface area contributed by atoms with Crippen LogP contribution in [-0.4, -0.2) is 20.0 Å². The highest BCUT2D eigenvalue weighted by molar-refractivity contribution is 7.87. The Morgan fingerprint density at radius 1 is 1.24 bits per heavy atom. The van der Waals surface area contributed by atoms with Gasteiger partial charge in [0.1, 0.15) is 0 Å². The molecule has 0 saturated heterocycles. The van der Waals surface area contributed by atoms with Gasteiger partial charge in [0.15, 0.2) is 6.10 Å². The number of alkyl halides is 3. The van der Waals surface area contributed by atoms with E-state index in [4.69, 9.17) is 5.26 Å². The summed E-state index contributed by atoms with van der Waals surface area (Å²) < 4.78 is 61.7. The van der Waals surface area contributed by atoms with Crippen LogP contribution >= 0.6 is 0 Å². The molecular formula is C9H12F3NO3S. The summed E-state index contributed by atoms with van der Waals surface area (Å²) in [7, 11) is -5.68. The van der Waals surface area contributed by atoms with E-state index in [0.717, 1.165) is 19.3 Å². The van der Waals surface area contributed by atoms with Gasteiger partial charge in [-0.1, -0.05) is 19.3 Å². The number of nitrogens with zero attached hydrogens (tertiary/aromatic N) is 1. The Morgan fingerprint density at radius 3 is 2.18 bits per heavy atom. The van der Waals surface area contributed by atoms with Crippen molar-refractivity contribution in [2.45, 2.75) is 43.7 Å². The minimum absolute atomic E-state index is 0.439. The SMILES string of the molecule is N#C[C@H](OS(=O)(=O)C(F)(F)F)C1CCCCC1. The van der Waals surface area contributed by atoms with E-state index < -0.39 is 27.6 Å². The molecule has 0 aromatic carbocycles. The fraction of sp³-hybridized carbons (Fsp3) is 0.889. The van der Waals surface area contributed by atoms with Crippen LogP contribution in [0.5, 0.6) is 0 Å². The molecule has 0 amide bonds. The predicted octanol–water partition coefficient (Wildman–Crippen LogP) is 2.33. The number of rotatable bonds is 3. The van der Waals surface area contributed by atoms with Crippen LogP contribution in [0.1, 0.15) is 32.1 Å². The van der Waals surface area contributed by atoms with Crippen molar-refractivity contribution in [1.82, 2.24) is 0 Å². The van der Waals surface area contributed by atoms with Crippen LogP contribution in [0.15, 0.2) is 0 Å². The first-order valence-electron chi connectivity index (χ1n) is 5.17. The van der Waals surface area contributed by atoms with Crippen LogP contribution in [0.2, 0.25) is 0 Å². The highest BCUT2D eigenvalue weighted by atomic mass is 32.2. The fourth-order valence-electron chi connectivity index (χ4n) is 1.83. The van der Waals surface area contributed by atoms with Gasteiger partial charge in [-0.15, -0.1) is 0 Å². The molecule has 17 heavy (non-hydrogen) atoms. The second-order valence-electron chi connectivity index (χ2n) is 3.94. The summed E-state index contributed by atoms with van der Waals surface area (Å²) in [4.78, 5) is 0. The molecule has 8 heteroatoms. The van der Waals surface area contributed by atoms with Gasteiger partial charge in [0.05, 0.1) is 6.07 Å². The van der Waals surface area contributed by atoms with Crippen molar-refractivity contribution in [2.24, 2.45) is 5.92 Å². The average molecular weight is 271 g/mol. The molecule has 0 spiro atoms. The molecule has 0 bridgehead atoms. The van der Waals surface area contributed by atoms with Crippen molar-refractivity contribution in [3.05, 3.63) is 0 Å². The lowest BCUT2D eigenvalue weighted by Crippen LogP contribution is -2.33. The Kier molecular flexibility index (Phi) is 4.38. The minimum atomic E-state index is -5.68. The smallest absolute Gasteiger partial charge is 0.244 e. The van der Waals surface area contributed by atoms with Gasteiger partial charge in [-0.3, -0.25) is 0 Å². The molecule has 0 heterocycles. The van der Waals surface area contributed by atoms with E-state index in [2.05, 4.69) is 4.18 Å². The Balaban J connectivity index is 2.74. The molecule has 0 radical (unpaired) electrons. The molecule has 1 aliphatic rings. The maximum atomic E-state index is 12.1. The normalized spacial score (nSPS) is 20.8. The maximum Gasteiger partial charge on any atom is 0.523 e. The molecule has 0 aromatic heterocycles. The van der Waals surface area contributed by atoms with Crippen molar-refractivity contribution >= 4 is 10.1 Å². The molecule has 1 rings (SSSR count). The van der Waals surface area contributed by atoms with Gasteiger partial charge in [0.2, 0.25) is 0 Å². The molecule has 1 fully saturated rings. The van der Waals surface area contributed by atoms with Crippen molar-refractivity contribution in [1.29, 1.82) is 5.26 Å². The van der Waals surface area contributed by atoms with Gasteiger partial charge >= 0.3 is 15.6 Å². The minimum Gasteiger partial charge on any atom is -0.244 e. The first-order chi connectivity index (χ1) is 7.78. The molecular weight excluding hydrogens is 259 g/mol. The van der Waals surface area contributed by atoms with Gasteiger partial charge in [-0.2, -0.15) is 26.9 Å². The topological polar surface area (TPSA) is 67.2 Å². The summed E-state index contributed by atoms with van der Waals surface area (Å²) in [5.74, 6) is -0.439. The number of hydrogen-bond acceptors (Lipinski definition) is 4. The Morgan fingerprint density at radius 2 is 1.76 bits per heavy atom. The summed E-state index contributed by atoms with van der Waals surface area (Å²) in [6, 6.07) is 1.50. The third kappa shape index (κ3) is 3.57. The maximum absolute atomic E-state index is 12.1. The fourth-order valence-corrected chi connectivity index (χ4v) is 2.42. The van der Waals surface area contributed by atoms with E-state index in [9.17, 15) is 21.6 Å². The average Bonchev–Trinajstić information content (AvgIpc) is 2.25. The first kappa shape index (κ1) is 14.3. The Labute approximate surface area is 97.5 Å². The summed E-state index contributed by atoms with van der Waals surface area (Å²) in [6.07, 6.45) is 2.00. The van der Waals surface area contributed by atoms with Crippen molar-refractivity contribution in [3.63, 3.8) is 0 Å². The van der Waals surface area contributed by atoms with E-state index in [-0.39, 0.29) is 0 Å². The molecule has 1 saturated carbocycles. The molecule has 98 valence electrons. The second-order valence-corrected chi connectivity index (χ2v) is 5.51. The highest BCUT2D eigenvalue weighted by Gasteiger charge is 2.49. The number of halogens is 3. The lowest BCUT2D eigenvalue weighted by molar-refractivity contribution is -0.0577. The van der Waals surface area contributed by atoms with E-state index in [1.165, 1.54) is 6.07 Å². The first-order valence-corrected chi connectivity index (χ1v) is 6.58. The zero-order chi connectivity index (χ0) is 13.1. The van der Waals surface area contributed by atoms with Crippen LogP contribution in [0.3, 0.4) is 0 Å². The lowest BCUT2D eigenvalue weighted by atomic mass is 9.86. The number of nitriles is 1. The van der Waals surface area contributed by atoms with Crippen molar-refractivity contribution < 1.29 is 25.8 Å². The van der Waals surface area contributed by atoms with Crippen LogP contribution in [0, 0.1) is 17.2 Å². The zero-order valence-corrected chi connectivity index (χ0v) is 9.72. The molecule has 0 N–H and O–H groups in total. The molecule has 1 aliphatic carbocycles. The Bertz CT molecular complexity index is 393. The van der Waals surface area contributed by atoms with E-state index in [1.807, 2.05) is 0 Å². The Hall–Kier alpha value is -0.810. The predicted molar refractivity (Wildman–Crippen MR) is 52.0 cm³/mol. The zero-order valence-electron chi connectivity index (χ0n) is 8.90. The summed E-state index contributed by atoms with van der Waals surface area (Å²) >= 11 is 0. The van der Waals surface area contributed by atoms with Crippen LogP contribution in [0.4, 0.5) is 13.2 Å². The standard InChI is InChI=1S/C9H12F3NO3S/c10-9(11,12)17(14,15)16-8(6-13)7-4-2-1-3-5-7/h7-8H,1-5H2/t8-/m0/s1. The van der Waals surface area contributed by atoms with Gasteiger partial charge in [0.25, 0.3) is 0 Å². The van der Waals surface area contributed by atoms with Crippen LogP contribution in [-0.2, 0) is 14.3 Å². The molecule has 0 aliphatic heterocycles.